The predicted molar refractivity (Wildman–Crippen MR) is 121 cm³/mol. The maximum absolute atomic E-state index is 11.8. The highest BCUT2D eigenvalue weighted by molar-refractivity contribution is 5.71. The first kappa shape index (κ1) is 19.6. The highest BCUT2D eigenvalue weighted by Crippen LogP contribution is 2.40. The van der Waals surface area contributed by atoms with Gasteiger partial charge in [-0.1, -0.05) is 110 Å². The van der Waals surface area contributed by atoms with Gasteiger partial charge < -0.3 is 10.4 Å². The Morgan fingerprint density at radius 3 is 1.90 bits per heavy atom. The smallest absolute Gasteiger partial charge is 0.105 e. The third-order valence-corrected chi connectivity index (χ3v) is 6.16. The average Bonchev–Trinajstić information content (AvgIpc) is 2.80. The fraction of sp³-hybridized carbons (Fsp3) is 0.259. The Balaban J connectivity index is 1.67. The Morgan fingerprint density at radius 1 is 0.828 bits per heavy atom. The highest BCUT2D eigenvalue weighted by atomic mass is 16.3. The van der Waals surface area contributed by atoms with Gasteiger partial charge in [0.1, 0.15) is 5.60 Å². The number of aliphatic hydroxyl groups is 1. The van der Waals surface area contributed by atoms with E-state index in [-0.39, 0.29) is 12.1 Å². The van der Waals surface area contributed by atoms with Gasteiger partial charge in [-0.15, -0.1) is 0 Å². The van der Waals surface area contributed by atoms with E-state index in [0.717, 1.165) is 36.8 Å². The summed E-state index contributed by atoms with van der Waals surface area (Å²) in [5, 5.41) is 15.7. The SMILES string of the molecule is C=C(c1ccccc1)C1(O)CCCCC1NC(c1ccccc1)c1ccccc1. The van der Waals surface area contributed by atoms with E-state index in [1.807, 2.05) is 42.5 Å². The predicted octanol–water partition coefficient (Wildman–Crippen LogP) is 5.75. The third-order valence-electron chi connectivity index (χ3n) is 6.16. The molecule has 2 atom stereocenters. The largest absolute Gasteiger partial charge is 0.384 e. The van der Waals surface area contributed by atoms with Crippen LogP contribution in [-0.2, 0) is 0 Å². The van der Waals surface area contributed by atoms with Crippen molar-refractivity contribution in [3.8, 4) is 0 Å². The molecule has 0 heterocycles. The van der Waals surface area contributed by atoms with Gasteiger partial charge in [-0.2, -0.15) is 0 Å². The Bertz CT molecular complexity index is 883. The standard InChI is InChI=1S/C27H29NO/c1-21(22-13-5-2-6-14-22)27(29)20-12-11-19-25(27)28-26(23-15-7-3-8-16-23)24-17-9-4-10-18-24/h2-10,13-18,25-26,28-29H,1,11-12,19-20H2. The molecule has 0 bridgehead atoms. The molecule has 0 spiro atoms. The first-order valence-electron chi connectivity index (χ1n) is 10.5. The lowest BCUT2D eigenvalue weighted by Gasteiger charge is -2.44. The molecule has 3 aromatic rings. The van der Waals surface area contributed by atoms with Crippen molar-refractivity contribution in [3.05, 3.63) is 114 Å². The van der Waals surface area contributed by atoms with Crippen molar-refractivity contribution < 1.29 is 5.11 Å². The number of rotatable bonds is 6. The van der Waals surface area contributed by atoms with E-state index in [0.29, 0.717) is 0 Å². The van der Waals surface area contributed by atoms with Gasteiger partial charge in [0.15, 0.2) is 0 Å². The summed E-state index contributed by atoms with van der Waals surface area (Å²) in [6.07, 6.45) is 3.79. The zero-order valence-corrected chi connectivity index (χ0v) is 16.8. The maximum atomic E-state index is 11.8. The fourth-order valence-corrected chi connectivity index (χ4v) is 4.50. The molecule has 148 valence electrons. The van der Waals surface area contributed by atoms with Crippen LogP contribution in [0.4, 0.5) is 0 Å². The molecule has 0 amide bonds. The summed E-state index contributed by atoms with van der Waals surface area (Å²) >= 11 is 0. The molecular formula is C27H29NO. The zero-order valence-electron chi connectivity index (χ0n) is 16.8. The number of hydrogen-bond donors (Lipinski definition) is 2. The molecule has 1 saturated carbocycles. The summed E-state index contributed by atoms with van der Waals surface area (Å²) in [5.41, 5.74) is 3.28. The van der Waals surface area contributed by atoms with Gasteiger partial charge in [0.25, 0.3) is 0 Å². The quantitative estimate of drug-likeness (QED) is 0.568. The van der Waals surface area contributed by atoms with Crippen LogP contribution in [0.15, 0.2) is 97.6 Å². The third kappa shape index (κ3) is 4.19. The first-order chi connectivity index (χ1) is 14.2. The van der Waals surface area contributed by atoms with E-state index in [4.69, 9.17) is 0 Å². The van der Waals surface area contributed by atoms with Crippen LogP contribution in [0.2, 0.25) is 0 Å². The summed E-state index contributed by atoms with van der Waals surface area (Å²) in [4.78, 5) is 0. The van der Waals surface area contributed by atoms with Crippen LogP contribution in [-0.4, -0.2) is 16.7 Å². The van der Waals surface area contributed by atoms with E-state index in [2.05, 4.69) is 60.4 Å². The fourth-order valence-electron chi connectivity index (χ4n) is 4.50. The van der Waals surface area contributed by atoms with Crippen LogP contribution < -0.4 is 5.32 Å². The molecule has 2 heteroatoms. The molecule has 1 aliphatic carbocycles. The van der Waals surface area contributed by atoms with Crippen molar-refractivity contribution in [2.45, 2.75) is 43.4 Å². The van der Waals surface area contributed by atoms with Crippen LogP contribution in [0.3, 0.4) is 0 Å². The van der Waals surface area contributed by atoms with Gasteiger partial charge in [0.2, 0.25) is 0 Å². The normalized spacial score (nSPS) is 21.8. The van der Waals surface area contributed by atoms with Gasteiger partial charge in [0.05, 0.1) is 6.04 Å². The molecule has 29 heavy (non-hydrogen) atoms. The molecule has 0 radical (unpaired) electrons. The van der Waals surface area contributed by atoms with Crippen molar-refractivity contribution in [2.75, 3.05) is 0 Å². The van der Waals surface area contributed by atoms with Crippen LogP contribution >= 0.6 is 0 Å². The molecule has 2 unspecified atom stereocenters. The average molecular weight is 384 g/mol. The van der Waals surface area contributed by atoms with Gasteiger partial charge >= 0.3 is 0 Å². The van der Waals surface area contributed by atoms with Gasteiger partial charge in [-0.05, 0) is 35.1 Å². The minimum absolute atomic E-state index is 0.0237. The zero-order chi connectivity index (χ0) is 20.1. The summed E-state index contributed by atoms with van der Waals surface area (Å²) in [6.45, 7) is 4.33. The van der Waals surface area contributed by atoms with E-state index in [1.165, 1.54) is 11.1 Å². The van der Waals surface area contributed by atoms with Crippen molar-refractivity contribution in [2.24, 2.45) is 0 Å². The van der Waals surface area contributed by atoms with E-state index in [9.17, 15) is 5.11 Å². The Hall–Kier alpha value is -2.68. The number of nitrogens with one attached hydrogen (secondary N) is 1. The monoisotopic (exact) mass is 383 g/mol. The molecule has 1 aliphatic rings. The Kier molecular flexibility index (Phi) is 5.94. The van der Waals surface area contributed by atoms with Gasteiger partial charge in [-0.3, -0.25) is 0 Å². The molecule has 0 aliphatic heterocycles. The molecule has 3 aromatic carbocycles. The Morgan fingerprint density at radius 2 is 1.34 bits per heavy atom. The van der Waals surface area contributed by atoms with E-state index in [1.54, 1.807) is 0 Å². The lowest BCUT2D eigenvalue weighted by Crippen LogP contribution is -2.54. The molecule has 4 rings (SSSR count). The first-order valence-corrected chi connectivity index (χ1v) is 10.5. The number of benzene rings is 3. The second-order valence-corrected chi connectivity index (χ2v) is 7.99. The minimum atomic E-state index is -0.957. The molecule has 1 fully saturated rings. The second-order valence-electron chi connectivity index (χ2n) is 7.99. The van der Waals surface area contributed by atoms with Crippen LogP contribution in [0.25, 0.3) is 5.57 Å². The van der Waals surface area contributed by atoms with Crippen molar-refractivity contribution in [1.82, 2.24) is 5.32 Å². The van der Waals surface area contributed by atoms with Crippen LogP contribution in [0, 0.1) is 0 Å². The molecular weight excluding hydrogens is 354 g/mol. The lowest BCUT2D eigenvalue weighted by molar-refractivity contribution is 0.0237. The summed E-state index contributed by atoms with van der Waals surface area (Å²) < 4.78 is 0. The minimum Gasteiger partial charge on any atom is -0.384 e. The molecule has 0 aromatic heterocycles. The molecule has 2 nitrogen and oxygen atoms in total. The van der Waals surface area contributed by atoms with E-state index >= 15 is 0 Å². The Labute approximate surface area is 173 Å². The highest BCUT2D eigenvalue weighted by Gasteiger charge is 2.42. The van der Waals surface area contributed by atoms with Crippen molar-refractivity contribution in [3.63, 3.8) is 0 Å². The van der Waals surface area contributed by atoms with Gasteiger partial charge in [0, 0.05) is 6.04 Å². The topological polar surface area (TPSA) is 32.3 Å². The summed E-state index contributed by atoms with van der Waals surface area (Å²) in [5.74, 6) is 0. The van der Waals surface area contributed by atoms with Crippen molar-refractivity contribution >= 4 is 5.57 Å². The van der Waals surface area contributed by atoms with Gasteiger partial charge in [-0.25, -0.2) is 0 Å². The lowest BCUT2D eigenvalue weighted by atomic mass is 9.73. The van der Waals surface area contributed by atoms with Crippen molar-refractivity contribution in [1.29, 1.82) is 0 Å². The summed E-state index contributed by atoms with van der Waals surface area (Å²) in [6, 6.07) is 31.0. The molecule has 0 saturated heterocycles. The second kappa shape index (κ2) is 8.77. The maximum Gasteiger partial charge on any atom is 0.105 e. The summed E-state index contributed by atoms with van der Waals surface area (Å²) in [7, 11) is 0. The number of hydrogen-bond acceptors (Lipinski definition) is 2. The van der Waals surface area contributed by atoms with E-state index < -0.39 is 5.60 Å². The van der Waals surface area contributed by atoms with Crippen LogP contribution in [0.5, 0.6) is 0 Å². The molecule has 2 N–H and O–H groups in total. The van der Waals surface area contributed by atoms with Crippen LogP contribution in [0.1, 0.15) is 48.4 Å².